The predicted octanol–water partition coefficient (Wildman–Crippen LogP) is 2.26. The highest BCUT2D eigenvalue weighted by Crippen LogP contribution is 2.26. The van der Waals surface area contributed by atoms with Gasteiger partial charge in [-0.1, -0.05) is 6.07 Å². The highest BCUT2D eigenvalue weighted by Gasteiger charge is 2.22. The second-order valence-corrected chi connectivity index (χ2v) is 6.76. The zero-order chi connectivity index (χ0) is 21.7. The number of nitro benzene ring substituents is 1. The number of thiocarbonyl (C=S) groups is 1. The van der Waals surface area contributed by atoms with Gasteiger partial charge in [0.05, 0.1) is 35.0 Å². The van der Waals surface area contributed by atoms with E-state index in [9.17, 15) is 19.7 Å². The fourth-order valence-electron chi connectivity index (χ4n) is 2.96. The second-order valence-electron chi connectivity index (χ2n) is 6.35. The van der Waals surface area contributed by atoms with Crippen LogP contribution >= 0.6 is 12.2 Å². The lowest BCUT2D eigenvalue weighted by atomic mass is 10.1. The summed E-state index contributed by atoms with van der Waals surface area (Å²) in [6.07, 6.45) is 0. The number of nitrogens with one attached hydrogen (secondary N) is 2. The fraction of sp³-hybridized carbons (Fsp3) is 0.211. The Morgan fingerprint density at radius 1 is 1.17 bits per heavy atom. The Labute approximate surface area is 176 Å². The third kappa shape index (κ3) is 5.07. The second kappa shape index (κ2) is 9.29. The van der Waals surface area contributed by atoms with Crippen LogP contribution in [0.2, 0.25) is 0 Å². The average Bonchev–Trinajstić information content (AvgIpc) is 2.74. The summed E-state index contributed by atoms with van der Waals surface area (Å²) in [5.41, 5.74) is 0.867. The van der Waals surface area contributed by atoms with Gasteiger partial charge in [-0.15, -0.1) is 0 Å². The number of aromatic carboxylic acids is 1. The summed E-state index contributed by atoms with van der Waals surface area (Å²) in [6, 6.07) is 10.00. The van der Waals surface area contributed by atoms with E-state index in [1.165, 1.54) is 36.4 Å². The molecule has 2 aromatic rings. The summed E-state index contributed by atoms with van der Waals surface area (Å²) in [4.78, 5) is 36.4. The molecule has 0 saturated carbocycles. The number of carboxylic acid groups (broad SMARTS) is 1. The Morgan fingerprint density at radius 3 is 2.57 bits per heavy atom. The fourth-order valence-corrected chi connectivity index (χ4v) is 3.17. The SMILES string of the molecule is O=C(O)c1cccc(NC(=S)NC(=O)c2cc([N+](=O)[O-])ccc2N2CCOCC2)c1. The molecule has 1 saturated heterocycles. The summed E-state index contributed by atoms with van der Waals surface area (Å²) in [7, 11) is 0. The van der Waals surface area contributed by atoms with Crippen molar-refractivity contribution in [1.82, 2.24) is 5.32 Å². The number of amides is 1. The number of anilines is 2. The number of hydrogen-bond acceptors (Lipinski definition) is 7. The first-order valence-electron chi connectivity index (χ1n) is 8.92. The maximum absolute atomic E-state index is 12.8. The molecule has 0 bridgehead atoms. The molecule has 0 atom stereocenters. The molecule has 1 heterocycles. The molecular formula is C19H18N4O6S. The standard InChI is InChI=1S/C19H18N4O6S/c24-17(21-19(30)20-13-3-1-2-12(10-13)18(25)26)15-11-14(23(27)28)4-5-16(15)22-6-8-29-9-7-22/h1-5,10-11H,6-9H2,(H,25,26)(H2,20,21,24,30). The summed E-state index contributed by atoms with van der Waals surface area (Å²) in [6.45, 7) is 2.06. The van der Waals surface area contributed by atoms with E-state index in [1.54, 1.807) is 6.07 Å². The minimum Gasteiger partial charge on any atom is -0.478 e. The minimum atomic E-state index is -1.10. The summed E-state index contributed by atoms with van der Waals surface area (Å²) < 4.78 is 5.32. The van der Waals surface area contributed by atoms with Gasteiger partial charge in [0.2, 0.25) is 0 Å². The molecule has 3 rings (SSSR count). The first-order valence-corrected chi connectivity index (χ1v) is 9.33. The van der Waals surface area contributed by atoms with Crippen LogP contribution in [0.5, 0.6) is 0 Å². The van der Waals surface area contributed by atoms with Crippen LogP contribution in [0.3, 0.4) is 0 Å². The van der Waals surface area contributed by atoms with Crippen LogP contribution < -0.4 is 15.5 Å². The van der Waals surface area contributed by atoms with Gasteiger partial charge >= 0.3 is 5.97 Å². The van der Waals surface area contributed by atoms with Crippen LogP contribution in [0.15, 0.2) is 42.5 Å². The predicted molar refractivity (Wildman–Crippen MR) is 113 cm³/mol. The zero-order valence-electron chi connectivity index (χ0n) is 15.7. The Kier molecular flexibility index (Phi) is 6.54. The third-order valence-electron chi connectivity index (χ3n) is 4.38. The van der Waals surface area contributed by atoms with Crippen LogP contribution in [0.1, 0.15) is 20.7 Å². The first-order chi connectivity index (χ1) is 14.3. The number of rotatable bonds is 5. The molecule has 10 nitrogen and oxygen atoms in total. The largest absolute Gasteiger partial charge is 0.478 e. The molecule has 0 unspecified atom stereocenters. The van der Waals surface area contributed by atoms with Gasteiger partial charge in [-0.25, -0.2) is 4.79 Å². The van der Waals surface area contributed by atoms with Crippen molar-refractivity contribution in [2.75, 3.05) is 36.5 Å². The molecule has 30 heavy (non-hydrogen) atoms. The average molecular weight is 430 g/mol. The molecule has 156 valence electrons. The highest BCUT2D eigenvalue weighted by atomic mass is 32.1. The third-order valence-corrected chi connectivity index (χ3v) is 4.59. The normalized spacial score (nSPS) is 13.4. The van der Waals surface area contributed by atoms with Gasteiger partial charge in [0.1, 0.15) is 0 Å². The summed E-state index contributed by atoms with van der Waals surface area (Å²) in [5, 5.41) is 25.4. The van der Waals surface area contributed by atoms with Crippen molar-refractivity contribution in [2.45, 2.75) is 0 Å². The topological polar surface area (TPSA) is 134 Å². The van der Waals surface area contributed by atoms with E-state index in [1.807, 2.05) is 4.90 Å². The van der Waals surface area contributed by atoms with Gasteiger partial charge in [0.25, 0.3) is 11.6 Å². The number of carbonyl (C=O) groups excluding carboxylic acids is 1. The van der Waals surface area contributed by atoms with Gasteiger partial charge in [0, 0.05) is 30.9 Å². The molecule has 0 aliphatic carbocycles. The van der Waals surface area contributed by atoms with E-state index >= 15 is 0 Å². The molecule has 0 radical (unpaired) electrons. The molecular weight excluding hydrogens is 412 g/mol. The van der Waals surface area contributed by atoms with Gasteiger partial charge in [-0.3, -0.25) is 20.2 Å². The lowest BCUT2D eigenvalue weighted by molar-refractivity contribution is -0.384. The Bertz CT molecular complexity index is 1010. The van der Waals surface area contributed by atoms with Crippen molar-refractivity contribution in [2.24, 2.45) is 0 Å². The van der Waals surface area contributed by atoms with E-state index in [2.05, 4.69) is 10.6 Å². The van der Waals surface area contributed by atoms with Crippen molar-refractivity contribution in [3.63, 3.8) is 0 Å². The lowest BCUT2D eigenvalue weighted by Gasteiger charge is -2.30. The number of carbonyl (C=O) groups is 2. The maximum Gasteiger partial charge on any atom is 0.335 e. The van der Waals surface area contributed by atoms with Crippen molar-refractivity contribution in [1.29, 1.82) is 0 Å². The van der Waals surface area contributed by atoms with E-state index < -0.39 is 16.8 Å². The zero-order valence-corrected chi connectivity index (χ0v) is 16.5. The molecule has 0 spiro atoms. The minimum absolute atomic E-state index is 0.0578. The maximum atomic E-state index is 12.8. The molecule has 3 N–H and O–H groups in total. The molecule has 1 aliphatic heterocycles. The van der Waals surface area contributed by atoms with Gasteiger partial charge in [-0.2, -0.15) is 0 Å². The Morgan fingerprint density at radius 2 is 1.90 bits per heavy atom. The summed E-state index contributed by atoms with van der Waals surface area (Å²) >= 11 is 5.15. The smallest absolute Gasteiger partial charge is 0.335 e. The van der Waals surface area contributed by atoms with Crippen molar-refractivity contribution >= 4 is 46.3 Å². The number of benzene rings is 2. The van der Waals surface area contributed by atoms with E-state index in [0.717, 1.165) is 0 Å². The quantitative estimate of drug-likeness (QED) is 0.371. The van der Waals surface area contributed by atoms with E-state index in [0.29, 0.717) is 37.7 Å². The lowest BCUT2D eigenvalue weighted by Crippen LogP contribution is -2.39. The van der Waals surface area contributed by atoms with Gasteiger partial charge in [-0.05, 0) is 36.5 Å². The van der Waals surface area contributed by atoms with Crippen LogP contribution in [0.25, 0.3) is 0 Å². The number of morpholine rings is 1. The Hall–Kier alpha value is -3.57. The molecule has 11 heteroatoms. The number of carboxylic acids is 1. The number of ether oxygens (including phenoxy) is 1. The van der Waals surface area contributed by atoms with Crippen LogP contribution in [-0.4, -0.2) is 53.3 Å². The number of hydrogen-bond donors (Lipinski definition) is 3. The molecule has 1 fully saturated rings. The molecule has 0 aromatic heterocycles. The molecule has 2 aromatic carbocycles. The van der Waals surface area contributed by atoms with Crippen molar-refractivity contribution in [3.8, 4) is 0 Å². The van der Waals surface area contributed by atoms with Gasteiger partial charge < -0.3 is 20.1 Å². The van der Waals surface area contributed by atoms with Crippen molar-refractivity contribution in [3.05, 3.63) is 63.7 Å². The van der Waals surface area contributed by atoms with Crippen LogP contribution in [-0.2, 0) is 4.74 Å². The monoisotopic (exact) mass is 430 g/mol. The first kappa shape index (κ1) is 21.1. The number of non-ortho nitro benzene ring substituents is 1. The molecule has 1 amide bonds. The van der Waals surface area contributed by atoms with Crippen LogP contribution in [0, 0.1) is 10.1 Å². The van der Waals surface area contributed by atoms with E-state index in [4.69, 9.17) is 22.1 Å². The van der Waals surface area contributed by atoms with Gasteiger partial charge in [0.15, 0.2) is 5.11 Å². The summed E-state index contributed by atoms with van der Waals surface area (Å²) in [5.74, 6) is -1.72. The van der Waals surface area contributed by atoms with Crippen molar-refractivity contribution < 1.29 is 24.4 Å². The number of nitro groups is 1. The van der Waals surface area contributed by atoms with Crippen LogP contribution in [0.4, 0.5) is 17.1 Å². The Balaban J connectivity index is 1.80. The molecule has 1 aliphatic rings. The highest BCUT2D eigenvalue weighted by molar-refractivity contribution is 7.80. The van der Waals surface area contributed by atoms with E-state index in [-0.39, 0.29) is 21.9 Å². The number of nitrogens with zero attached hydrogens (tertiary/aromatic N) is 2.